The highest BCUT2D eigenvalue weighted by molar-refractivity contribution is 8.15. The molecule has 0 radical (unpaired) electrons. The van der Waals surface area contributed by atoms with Crippen molar-refractivity contribution in [1.82, 2.24) is 5.32 Å². The van der Waals surface area contributed by atoms with E-state index in [4.69, 9.17) is 0 Å². The van der Waals surface area contributed by atoms with Crippen LogP contribution in [0.3, 0.4) is 0 Å². The van der Waals surface area contributed by atoms with E-state index < -0.39 is 10.0 Å². The zero-order valence-electron chi connectivity index (χ0n) is 16.3. The van der Waals surface area contributed by atoms with Crippen molar-refractivity contribution in [3.05, 3.63) is 23.8 Å². The lowest BCUT2D eigenvalue weighted by molar-refractivity contribution is -0.0503. The Hall–Kier alpha value is -1.54. The Morgan fingerprint density at radius 3 is 2.55 bits per heavy atom. The molecule has 0 unspecified atom stereocenters. The van der Waals surface area contributed by atoms with Crippen LogP contribution in [0.4, 0.5) is 5.69 Å². The van der Waals surface area contributed by atoms with Crippen LogP contribution < -0.4 is 10.2 Å². The van der Waals surface area contributed by atoms with Crippen molar-refractivity contribution < 1.29 is 13.2 Å². The van der Waals surface area contributed by atoms with Crippen molar-refractivity contribution in [2.24, 2.45) is 27.6 Å². The van der Waals surface area contributed by atoms with E-state index in [1.165, 1.54) is 50.3 Å². The fourth-order valence-corrected chi connectivity index (χ4v) is 9.04. The first-order valence-corrected chi connectivity index (χ1v) is 13.0. The fourth-order valence-electron chi connectivity index (χ4n) is 6.75. The third kappa shape index (κ3) is 3.10. The van der Waals surface area contributed by atoms with Crippen LogP contribution in [-0.4, -0.2) is 38.3 Å². The minimum absolute atomic E-state index is 0.0245. The molecule has 1 amide bonds. The number of nitrogens with zero attached hydrogens (tertiary/aromatic N) is 2. The molecule has 154 valence electrons. The van der Waals surface area contributed by atoms with Crippen molar-refractivity contribution in [3.63, 3.8) is 0 Å². The molecule has 29 heavy (non-hydrogen) atoms. The molecule has 1 aromatic carbocycles. The standard InChI is InChI=1S/C21H25N3O3S2/c25-19(22-12-21-9-13-5-14(10-21)7-15(6-13)11-21)16-1-2-17-18(8-16)28-20-23-29(26,27)4-3-24(17)20/h1-2,8,13-15H,3-7,9-12H2,(H,22,25). The molecule has 0 aromatic heterocycles. The van der Waals surface area contributed by atoms with Gasteiger partial charge in [0, 0.05) is 23.5 Å². The first-order valence-electron chi connectivity index (χ1n) is 10.6. The number of hydrogen-bond donors (Lipinski definition) is 1. The second kappa shape index (κ2) is 6.23. The summed E-state index contributed by atoms with van der Waals surface area (Å²) in [6.45, 7) is 1.20. The lowest BCUT2D eigenvalue weighted by Crippen LogP contribution is -2.51. The minimum atomic E-state index is -3.37. The van der Waals surface area contributed by atoms with Crippen molar-refractivity contribution >= 4 is 38.5 Å². The van der Waals surface area contributed by atoms with Gasteiger partial charge in [0.25, 0.3) is 15.9 Å². The molecule has 2 aliphatic heterocycles. The zero-order valence-corrected chi connectivity index (χ0v) is 17.9. The average Bonchev–Trinajstić information content (AvgIpc) is 3.00. The van der Waals surface area contributed by atoms with Gasteiger partial charge >= 0.3 is 0 Å². The molecule has 4 saturated carbocycles. The lowest BCUT2D eigenvalue weighted by Gasteiger charge is -2.56. The number of amidine groups is 1. The van der Waals surface area contributed by atoms with Gasteiger partial charge in [-0.1, -0.05) is 0 Å². The van der Waals surface area contributed by atoms with E-state index in [-0.39, 0.29) is 11.7 Å². The second-order valence-corrected chi connectivity index (χ2v) is 12.5. The van der Waals surface area contributed by atoms with Gasteiger partial charge in [-0.25, -0.2) is 8.42 Å². The number of thioether (sulfide) groups is 1. The van der Waals surface area contributed by atoms with Crippen molar-refractivity contribution in [1.29, 1.82) is 0 Å². The Labute approximate surface area is 175 Å². The highest BCUT2D eigenvalue weighted by atomic mass is 32.2. The molecule has 0 spiro atoms. The van der Waals surface area contributed by atoms with Crippen LogP contribution in [0.25, 0.3) is 0 Å². The molecule has 2 heterocycles. The maximum atomic E-state index is 12.9. The van der Waals surface area contributed by atoms with Crippen molar-refractivity contribution in [2.45, 2.75) is 43.4 Å². The number of fused-ring (bicyclic) bond motifs is 3. The molecule has 4 fully saturated rings. The normalized spacial score (nSPS) is 35.8. The first-order chi connectivity index (χ1) is 13.9. The summed E-state index contributed by atoms with van der Waals surface area (Å²) in [6.07, 6.45) is 8.07. The van der Waals surface area contributed by atoms with Crippen LogP contribution >= 0.6 is 11.8 Å². The predicted molar refractivity (Wildman–Crippen MR) is 114 cm³/mol. The van der Waals surface area contributed by atoms with E-state index in [1.54, 1.807) is 0 Å². The molecule has 0 atom stereocenters. The maximum Gasteiger partial charge on any atom is 0.257 e. The molecule has 1 aromatic rings. The summed E-state index contributed by atoms with van der Waals surface area (Å²) >= 11 is 1.34. The SMILES string of the molecule is O=C(NCC12CC3CC(CC(C3)C1)C2)c1ccc2c(c1)SC1=NS(=O)(=O)CCN12. The van der Waals surface area contributed by atoms with Gasteiger partial charge in [0.2, 0.25) is 0 Å². The molecular formula is C21H25N3O3S2. The third-order valence-corrected chi connectivity index (χ3v) is 9.83. The number of sulfonamides is 1. The summed E-state index contributed by atoms with van der Waals surface area (Å²) in [5.74, 6) is 2.64. The van der Waals surface area contributed by atoms with Gasteiger partial charge in [-0.2, -0.15) is 0 Å². The fraction of sp³-hybridized carbons (Fsp3) is 0.619. The number of anilines is 1. The molecule has 4 aliphatic carbocycles. The molecule has 6 nitrogen and oxygen atoms in total. The minimum Gasteiger partial charge on any atom is -0.351 e. The van der Waals surface area contributed by atoms with Crippen LogP contribution in [0.1, 0.15) is 48.9 Å². The highest BCUT2D eigenvalue weighted by Gasteiger charge is 2.50. The smallest absolute Gasteiger partial charge is 0.257 e. The van der Waals surface area contributed by atoms with E-state index in [0.29, 0.717) is 22.7 Å². The van der Waals surface area contributed by atoms with Gasteiger partial charge < -0.3 is 10.2 Å². The average molecular weight is 432 g/mol. The summed E-state index contributed by atoms with van der Waals surface area (Å²) in [5.41, 5.74) is 1.91. The van der Waals surface area contributed by atoms with Crippen LogP contribution in [0, 0.1) is 23.2 Å². The number of nitrogens with one attached hydrogen (secondary N) is 1. The number of hydrogen-bond acceptors (Lipinski definition) is 5. The zero-order chi connectivity index (χ0) is 19.8. The van der Waals surface area contributed by atoms with Crippen LogP contribution in [-0.2, 0) is 10.0 Å². The summed E-state index contributed by atoms with van der Waals surface area (Å²) in [7, 11) is -3.37. The van der Waals surface area contributed by atoms with Gasteiger partial charge in [-0.15, -0.1) is 4.40 Å². The van der Waals surface area contributed by atoms with Gasteiger partial charge in [0.05, 0.1) is 11.4 Å². The number of amides is 1. The Kier molecular flexibility index (Phi) is 3.92. The molecule has 6 aliphatic rings. The van der Waals surface area contributed by atoms with Gasteiger partial charge in [0.15, 0.2) is 5.17 Å². The van der Waals surface area contributed by atoms with E-state index in [1.807, 2.05) is 23.1 Å². The largest absolute Gasteiger partial charge is 0.351 e. The van der Waals surface area contributed by atoms with Crippen LogP contribution in [0.2, 0.25) is 0 Å². The quantitative estimate of drug-likeness (QED) is 0.795. The second-order valence-electron chi connectivity index (χ2n) is 9.70. The summed E-state index contributed by atoms with van der Waals surface area (Å²) in [6, 6.07) is 5.64. The number of carbonyl (C=O) groups excluding carboxylic acids is 1. The summed E-state index contributed by atoms with van der Waals surface area (Å²) < 4.78 is 27.4. The van der Waals surface area contributed by atoms with Gasteiger partial charge in [-0.3, -0.25) is 4.79 Å². The monoisotopic (exact) mass is 431 g/mol. The van der Waals surface area contributed by atoms with Crippen molar-refractivity contribution in [2.75, 3.05) is 23.7 Å². The van der Waals surface area contributed by atoms with Crippen LogP contribution in [0.15, 0.2) is 27.5 Å². The number of rotatable bonds is 3. The predicted octanol–water partition coefficient (Wildman–Crippen LogP) is 3.24. The Bertz CT molecular complexity index is 998. The number of benzene rings is 1. The van der Waals surface area contributed by atoms with E-state index in [9.17, 15) is 13.2 Å². The number of carbonyl (C=O) groups is 1. The first kappa shape index (κ1) is 18.2. The van der Waals surface area contributed by atoms with E-state index >= 15 is 0 Å². The highest BCUT2D eigenvalue weighted by Crippen LogP contribution is 2.59. The molecule has 8 heteroatoms. The maximum absolute atomic E-state index is 12.9. The lowest BCUT2D eigenvalue weighted by atomic mass is 9.49. The van der Waals surface area contributed by atoms with Crippen LogP contribution in [0.5, 0.6) is 0 Å². The molecule has 7 rings (SSSR count). The van der Waals surface area contributed by atoms with Gasteiger partial charge in [0.1, 0.15) is 0 Å². The Balaban J connectivity index is 1.18. The summed E-state index contributed by atoms with van der Waals surface area (Å²) in [4.78, 5) is 15.7. The van der Waals surface area contributed by atoms with E-state index in [0.717, 1.165) is 34.9 Å². The molecule has 0 saturated heterocycles. The summed E-state index contributed by atoms with van der Waals surface area (Å²) in [5, 5.41) is 3.73. The van der Waals surface area contributed by atoms with Crippen molar-refractivity contribution in [3.8, 4) is 0 Å². The molecule has 4 bridgehead atoms. The van der Waals surface area contributed by atoms with Gasteiger partial charge in [-0.05, 0) is 91.7 Å². The Morgan fingerprint density at radius 1 is 1.17 bits per heavy atom. The topological polar surface area (TPSA) is 78.8 Å². The van der Waals surface area contributed by atoms with E-state index in [2.05, 4.69) is 9.71 Å². The Morgan fingerprint density at radius 2 is 1.86 bits per heavy atom. The third-order valence-electron chi connectivity index (χ3n) is 7.52. The molecular weight excluding hydrogens is 406 g/mol. The molecule has 1 N–H and O–H groups in total.